The lowest BCUT2D eigenvalue weighted by atomic mass is 9.78. The largest absolute Gasteiger partial charge is 0.496 e. The third kappa shape index (κ3) is 4.75. The van der Waals surface area contributed by atoms with Gasteiger partial charge in [0.05, 0.1) is 12.5 Å². The summed E-state index contributed by atoms with van der Waals surface area (Å²) in [5.41, 5.74) is 0.346. The Hall–Kier alpha value is -2.89. The molecule has 2 aromatic rings. The van der Waals surface area contributed by atoms with Gasteiger partial charge in [-0.2, -0.15) is 0 Å². The fourth-order valence-corrected chi connectivity index (χ4v) is 3.98. The van der Waals surface area contributed by atoms with E-state index in [4.69, 9.17) is 9.47 Å². The highest BCUT2D eigenvalue weighted by Crippen LogP contribution is 2.43. The third-order valence-electron chi connectivity index (χ3n) is 5.48. The Bertz CT molecular complexity index is 861. The van der Waals surface area contributed by atoms with Gasteiger partial charge < -0.3 is 14.8 Å². The molecule has 0 bridgehead atoms. The first-order chi connectivity index (χ1) is 14.1. The Kier molecular flexibility index (Phi) is 6.86. The van der Waals surface area contributed by atoms with Crippen LogP contribution >= 0.6 is 0 Å². The highest BCUT2D eigenvalue weighted by Gasteiger charge is 2.45. The summed E-state index contributed by atoms with van der Waals surface area (Å²) in [5, 5.41) is 2.75. The fourth-order valence-electron chi connectivity index (χ4n) is 3.98. The second kappa shape index (κ2) is 9.54. The van der Waals surface area contributed by atoms with Crippen molar-refractivity contribution in [3.8, 4) is 5.75 Å². The van der Waals surface area contributed by atoms with Crippen molar-refractivity contribution in [1.29, 1.82) is 0 Å². The standard InChI is InChI=1S/C23H26FNO4/c1-28-20-11-5-2-8-17(20)12-15-25-21(26)16-29-22(27)23(13-6-7-14-23)18-9-3-4-10-19(18)24/h2-5,8-11H,6-7,12-16H2,1H3,(H,25,26). The molecule has 29 heavy (non-hydrogen) atoms. The SMILES string of the molecule is COc1ccccc1CCNC(=O)COC(=O)C1(c2ccccc2F)CCCC1. The molecule has 1 fully saturated rings. The maximum absolute atomic E-state index is 14.3. The highest BCUT2D eigenvalue weighted by atomic mass is 19.1. The van der Waals surface area contributed by atoms with E-state index in [-0.39, 0.29) is 12.5 Å². The minimum atomic E-state index is -0.997. The molecule has 2 aromatic carbocycles. The molecule has 1 N–H and O–H groups in total. The summed E-state index contributed by atoms with van der Waals surface area (Å²) >= 11 is 0. The van der Waals surface area contributed by atoms with Gasteiger partial charge in [-0.1, -0.05) is 49.2 Å². The van der Waals surface area contributed by atoms with E-state index in [0.29, 0.717) is 31.4 Å². The van der Waals surface area contributed by atoms with Crippen LogP contribution in [0.15, 0.2) is 48.5 Å². The number of hydrogen-bond acceptors (Lipinski definition) is 4. The number of rotatable bonds is 8. The number of carbonyl (C=O) groups excluding carboxylic acids is 2. The van der Waals surface area contributed by atoms with Gasteiger partial charge >= 0.3 is 5.97 Å². The third-order valence-corrected chi connectivity index (χ3v) is 5.48. The molecule has 1 saturated carbocycles. The quantitative estimate of drug-likeness (QED) is 0.690. The molecule has 0 atom stereocenters. The summed E-state index contributed by atoms with van der Waals surface area (Å²) < 4.78 is 24.9. The van der Waals surface area contributed by atoms with E-state index in [1.54, 1.807) is 25.3 Å². The molecule has 1 amide bonds. The Morgan fingerprint density at radius 3 is 2.48 bits per heavy atom. The number of amides is 1. The van der Waals surface area contributed by atoms with Crippen molar-refractivity contribution in [1.82, 2.24) is 5.32 Å². The van der Waals surface area contributed by atoms with E-state index in [1.807, 2.05) is 24.3 Å². The van der Waals surface area contributed by atoms with Crippen LogP contribution in [0.25, 0.3) is 0 Å². The topological polar surface area (TPSA) is 64.6 Å². The van der Waals surface area contributed by atoms with Gasteiger partial charge in [-0.15, -0.1) is 0 Å². The molecule has 0 aromatic heterocycles. The summed E-state index contributed by atoms with van der Waals surface area (Å²) in [6, 6.07) is 13.9. The Labute approximate surface area is 170 Å². The number of para-hydroxylation sites is 1. The van der Waals surface area contributed by atoms with Crippen molar-refractivity contribution in [3.63, 3.8) is 0 Å². The van der Waals surface area contributed by atoms with Gasteiger partial charge in [0.15, 0.2) is 6.61 Å². The number of nitrogens with one attached hydrogen (secondary N) is 1. The minimum absolute atomic E-state index is 0.360. The van der Waals surface area contributed by atoms with Crippen molar-refractivity contribution in [3.05, 3.63) is 65.5 Å². The molecule has 0 saturated heterocycles. The number of benzene rings is 2. The minimum Gasteiger partial charge on any atom is -0.496 e. The number of halogens is 1. The number of carbonyl (C=O) groups is 2. The van der Waals surface area contributed by atoms with Gasteiger partial charge in [-0.05, 0) is 37.0 Å². The van der Waals surface area contributed by atoms with Crippen molar-refractivity contribution in [2.45, 2.75) is 37.5 Å². The molecule has 0 spiro atoms. The molecule has 0 heterocycles. The van der Waals surface area contributed by atoms with E-state index in [1.165, 1.54) is 6.07 Å². The zero-order valence-corrected chi connectivity index (χ0v) is 16.6. The van der Waals surface area contributed by atoms with Gasteiger partial charge in [0.1, 0.15) is 11.6 Å². The summed E-state index contributed by atoms with van der Waals surface area (Å²) in [6.45, 7) is 0.0240. The number of methoxy groups -OCH3 is 1. The van der Waals surface area contributed by atoms with Crippen LogP contribution in [0.5, 0.6) is 5.75 Å². The Balaban J connectivity index is 1.54. The Morgan fingerprint density at radius 2 is 1.76 bits per heavy atom. The van der Waals surface area contributed by atoms with Crippen LogP contribution in [-0.4, -0.2) is 32.1 Å². The van der Waals surface area contributed by atoms with E-state index < -0.39 is 17.2 Å². The summed E-state index contributed by atoms with van der Waals surface area (Å²) in [4.78, 5) is 24.9. The lowest BCUT2D eigenvalue weighted by molar-refractivity contribution is -0.154. The van der Waals surface area contributed by atoms with E-state index >= 15 is 0 Å². The molecule has 5 nitrogen and oxygen atoms in total. The first-order valence-corrected chi connectivity index (χ1v) is 9.87. The normalized spacial score (nSPS) is 15.0. The molecular weight excluding hydrogens is 373 g/mol. The molecule has 1 aliphatic rings. The first kappa shape index (κ1) is 20.8. The van der Waals surface area contributed by atoms with Gasteiger partial charge in [0, 0.05) is 12.1 Å². The zero-order chi connectivity index (χ0) is 20.7. The van der Waals surface area contributed by atoms with Crippen LogP contribution < -0.4 is 10.1 Å². The maximum atomic E-state index is 14.3. The monoisotopic (exact) mass is 399 g/mol. The van der Waals surface area contributed by atoms with E-state index in [2.05, 4.69) is 5.32 Å². The van der Waals surface area contributed by atoms with Gasteiger partial charge in [-0.3, -0.25) is 9.59 Å². The summed E-state index contributed by atoms with van der Waals surface area (Å²) in [7, 11) is 1.60. The molecule has 3 rings (SSSR count). The smallest absolute Gasteiger partial charge is 0.317 e. The van der Waals surface area contributed by atoms with Crippen LogP contribution in [0.1, 0.15) is 36.8 Å². The second-order valence-electron chi connectivity index (χ2n) is 7.26. The van der Waals surface area contributed by atoms with Crippen LogP contribution in [0.2, 0.25) is 0 Å². The van der Waals surface area contributed by atoms with Crippen LogP contribution in [-0.2, 0) is 26.2 Å². The van der Waals surface area contributed by atoms with Crippen LogP contribution in [0.3, 0.4) is 0 Å². The van der Waals surface area contributed by atoms with Crippen molar-refractivity contribution >= 4 is 11.9 Å². The molecule has 0 aliphatic heterocycles. The van der Waals surface area contributed by atoms with Crippen molar-refractivity contribution in [2.75, 3.05) is 20.3 Å². The molecule has 0 unspecified atom stereocenters. The van der Waals surface area contributed by atoms with Crippen LogP contribution in [0.4, 0.5) is 4.39 Å². The number of hydrogen-bond donors (Lipinski definition) is 1. The van der Waals surface area contributed by atoms with Crippen molar-refractivity contribution < 1.29 is 23.5 Å². The average molecular weight is 399 g/mol. The molecular formula is C23H26FNO4. The predicted molar refractivity (Wildman–Crippen MR) is 107 cm³/mol. The molecule has 154 valence electrons. The zero-order valence-electron chi connectivity index (χ0n) is 16.6. The van der Waals surface area contributed by atoms with Gasteiger partial charge in [-0.25, -0.2) is 4.39 Å². The highest BCUT2D eigenvalue weighted by molar-refractivity contribution is 5.86. The molecule has 1 aliphatic carbocycles. The lowest BCUT2D eigenvalue weighted by Gasteiger charge is -2.27. The van der Waals surface area contributed by atoms with Gasteiger partial charge in [0.2, 0.25) is 0 Å². The second-order valence-corrected chi connectivity index (χ2v) is 7.26. The lowest BCUT2D eigenvalue weighted by Crippen LogP contribution is -2.38. The van der Waals surface area contributed by atoms with Crippen molar-refractivity contribution in [2.24, 2.45) is 0 Å². The summed E-state index contributed by atoms with van der Waals surface area (Å²) in [5.74, 6) is -0.552. The first-order valence-electron chi connectivity index (χ1n) is 9.87. The number of esters is 1. The van der Waals surface area contributed by atoms with E-state index in [9.17, 15) is 14.0 Å². The predicted octanol–water partition coefficient (Wildman–Crippen LogP) is 3.55. The molecule has 6 heteroatoms. The maximum Gasteiger partial charge on any atom is 0.317 e. The fraction of sp³-hybridized carbons (Fsp3) is 0.391. The van der Waals surface area contributed by atoms with Crippen LogP contribution in [0, 0.1) is 5.82 Å². The average Bonchev–Trinajstić information content (AvgIpc) is 3.23. The number of ether oxygens (including phenoxy) is 2. The Morgan fingerprint density at radius 1 is 1.07 bits per heavy atom. The summed E-state index contributed by atoms with van der Waals surface area (Å²) in [6.07, 6.45) is 3.32. The van der Waals surface area contributed by atoms with Gasteiger partial charge in [0.25, 0.3) is 5.91 Å². The van der Waals surface area contributed by atoms with E-state index in [0.717, 1.165) is 24.2 Å². The molecule has 0 radical (unpaired) electrons.